The van der Waals surface area contributed by atoms with Crippen LogP contribution in [0.1, 0.15) is 37.5 Å². The van der Waals surface area contributed by atoms with Crippen LogP contribution in [0.2, 0.25) is 0 Å². The lowest BCUT2D eigenvalue weighted by molar-refractivity contribution is -0.184. The number of nitrogens with zero attached hydrogens (tertiary/aromatic N) is 2. The molecule has 0 saturated carbocycles. The lowest BCUT2D eigenvalue weighted by Gasteiger charge is -2.37. The molecule has 1 saturated heterocycles. The summed E-state index contributed by atoms with van der Waals surface area (Å²) in [5.74, 6) is -0.229. The molecule has 1 amide bonds. The summed E-state index contributed by atoms with van der Waals surface area (Å²) < 4.78 is 6.78. The average molecular weight is 510 g/mol. The van der Waals surface area contributed by atoms with Crippen LogP contribution in [0.3, 0.4) is 0 Å². The van der Waals surface area contributed by atoms with E-state index in [9.17, 15) is 14.7 Å². The molecule has 7 heteroatoms. The highest BCUT2D eigenvalue weighted by molar-refractivity contribution is 6.09. The number of nitrogens with one attached hydrogen (secondary N) is 1. The second kappa shape index (κ2) is 9.83. The van der Waals surface area contributed by atoms with Gasteiger partial charge in [-0.15, -0.1) is 0 Å². The lowest BCUT2D eigenvalue weighted by atomic mass is 9.91. The zero-order valence-electron chi connectivity index (χ0n) is 21.4. The van der Waals surface area contributed by atoms with Crippen LogP contribution in [0.5, 0.6) is 0 Å². The van der Waals surface area contributed by atoms with Gasteiger partial charge in [0.05, 0.1) is 18.7 Å². The van der Waals surface area contributed by atoms with Crippen molar-refractivity contribution in [2.75, 3.05) is 26.3 Å². The zero-order chi connectivity index (χ0) is 26.3. The molecule has 1 fully saturated rings. The summed E-state index contributed by atoms with van der Waals surface area (Å²) in [6.07, 6.45) is 0.707. The van der Waals surface area contributed by atoms with Gasteiger partial charge in [0.25, 0.3) is 11.8 Å². The largest absolute Gasteiger partial charge is 0.380 e. The third kappa shape index (κ3) is 4.65. The van der Waals surface area contributed by atoms with Crippen molar-refractivity contribution >= 4 is 22.7 Å². The number of amides is 1. The number of ether oxygens (including phenoxy) is 1. The highest BCUT2D eigenvalue weighted by atomic mass is 16.5. The van der Waals surface area contributed by atoms with Crippen molar-refractivity contribution in [2.24, 2.45) is 0 Å². The molecule has 7 nitrogen and oxygen atoms in total. The number of hydrogen-bond acceptors (Lipinski definition) is 5. The highest BCUT2D eigenvalue weighted by Crippen LogP contribution is 2.30. The predicted octanol–water partition coefficient (Wildman–Crippen LogP) is 3.66. The number of aliphatic hydroxyl groups is 1. The first kappa shape index (κ1) is 24.6. The highest BCUT2D eigenvalue weighted by Gasteiger charge is 2.38. The smallest absolute Gasteiger partial charge is 0.271 e. The molecule has 1 aromatic heterocycles. The Morgan fingerprint density at radius 3 is 2.53 bits per heavy atom. The maximum atomic E-state index is 13.6. The second-order valence-electron chi connectivity index (χ2n) is 10.5. The molecule has 6 rings (SSSR count). The molecule has 3 heterocycles. The predicted molar refractivity (Wildman–Crippen MR) is 145 cm³/mol. The summed E-state index contributed by atoms with van der Waals surface area (Å²) in [5.41, 5.74) is 4.41. The van der Waals surface area contributed by atoms with Crippen molar-refractivity contribution in [2.45, 2.75) is 31.5 Å². The number of fused-ring (bicyclic) bond motifs is 3. The number of aromatic nitrogens is 1. The van der Waals surface area contributed by atoms with Gasteiger partial charge in [-0.1, -0.05) is 66.2 Å². The van der Waals surface area contributed by atoms with E-state index >= 15 is 0 Å². The molecule has 2 N–H and O–H groups in total. The summed E-state index contributed by atoms with van der Waals surface area (Å²) in [6.45, 7) is 3.63. The van der Waals surface area contributed by atoms with Crippen LogP contribution in [0, 0.1) is 6.92 Å². The number of carbonyl (C=O) groups is 2. The molecule has 0 unspecified atom stereocenters. The molecule has 4 aromatic rings. The Kier molecular flexibility index (Phi) is 6.35. The van der Waals surface area contributed by atoms with Gasteiger partial charge in [-0.2, -0.15) is 0 Å². The zero-order valence-corrected chi connectivity index (χ0v) is 21.4. The minimum absolute atomic E-state index is 0.0407. The van der Waals surface area contributed by atoms with Crippen LogP contribution in [0.15, 0.2) is 78.9 Å². The van der Waals surface area contributed by atoms with Crippen molar-refractivity contribution < 1.29 is 19.4 Å². The minimum Gasteiger partial charge on any atom is -0.380 e. The van der Waals surface area contributed by atoms with Gasteiger partial charge < -0.3 is 20.1 Å². The molecule has 38 heavy (non-hydrogen) atoms. The first-order chi connectivity index (χ1) is 18.4. The van der Waals surface area contributed by atoms with Gasteiger partial charge in [-0.05, 0) is 48.2 Å². The molecule has 194 valence electrons. The molecule has 3 aromatic carbocycles. The molecule has 0 bridgehead atoms. The van der Waals surface area contributed by atoms with E-state index in [4.69, 9.17) is 4.74 Å². The Morgan fingerprint density at radius 1 is 0.974 bits per heavy atom. The van der Waals surface area contributed by atoms with E-state index in [-0.39, 0.29) is 24.4 Å². The average Bonchev–Trinajstić information content (AvgIpc) is 3.29. The van der Waals surface area contributed by atoms with Crippen molar-refractivity contribution in [1.29, 1.82) is 0 Å². The summed E-state index contributed by atoms with van der Waals surface area (Å²) in [7, 11) is 0. The van der Waals surface area contributed by atoms with E-state index in [1.807, 2.05) is 73.7 Å². The van der Waals surface area contributed by atoms with Crippen LogP contribution in [-0.2, 0) is 23.3 Å². The molecule has 0 radical (unpaired) electrons. The van der Waals surface area contributed by atoms with E-state index in [0.717, 1.165) is 33.2 Å². The summed E-state index contributed by atoms with van der Waals surface area (Å²) in [6, 6.07) is 25.7. The molecule has 0 spiro atoms. The number of aryl methyl sites for hydroxylation is 1. The van der Waals surface area contributed by atoms with Gasteiger partial charge >= 0.3 is 0 Å². The topological polar surface area (TPSA) is 83.8 Å². The fourth-order valence-electron chi connectivity index (χ4n) is 5.44. The van der Waals surface area contributed by atoms with Crippen LogP contribution >= 0.6 is 0 Å². The van der Waals surface area contributed by atoms with Gasteiger partial charge in [0.15, 0.2) is 0 Å². The molecule has 1 atom stereocenters. The van der Waals surface area contributed by atoms with Crippen molar-refractivity contribution in [3.8, 4) is 0 Å². The SMILES string of the molecule is Cc1ccc2c(c1)cc1n2C(=O)CN(C[C@H](Cc2ccccc2)NCc2cccc(C3(O)COC3)c2)C1=O. The standard InChI is InChI=1S/C31H31N3O4/c1-21-10-11-27-24(12-21)15-28-30(36)33(18-29(35)34(27)28)17-26(14-22-6-3-2-4-7-22)32-16-23-8-5-9-25(13-23)31(37)19-38-20-31/h2-13,15,26,32,37H,14,16-20H2,1H3/t26-/m0/s1. The Morgan fingerprint density at radius 2 is 1.76 bits per heavy atom. The molecule has 0 aliphatic carbocycles. The Hall–Kier alpha value is -3.78. The summed E-state index contributed by atoms with van der Waals surface area (Å²) in [5, 5.41) is 15.2. The number of benzene rings is 3. The normalized spacial score (nSPS) is 17.4. The molecule has 2 aliphatic heterocycles. The van der Waals surface area contributed by atoms with Crippen LogP contribution < -0.4 is 5.32 Å². The van der Waals surface area contributed by atoms with Crippen LogP contribution in [0.25, 0.3) is 10.9 Å². The monoisotopic (exact) mass is 509 g/mol. The van der Waals surface area contributed by atoms with E-state index in [0.29, 0.717) is 38.4 Å². The van der Waals surface area contributed by atoms with Crippen molar-refractivity contribution in [1.82, 2.24) is 14.8 Å². The van der Waals surface area contributed by atoms with E-state index in [2.05, 4.69) is 17.4 Å². The number of carbonyl (C=O) groups excluding carboxylic acids is 2. The maximum Gasteiger partial charge on any atom is 0.271 e. The fraction of sp³-hybridized carbons (Fsp3) is 0.290. The third-order valence-electron chi connectivity index (χ3n) is 7.55. The van der Waals surface area contributed by atoms with Crippen molar-refractivity contribution in [3.05, 3.63) is 107 Å². The Bertz CT molecular complexity index is 1510. The Labute approximate surface area is 221 Å². The van der Waals surface area contributed by atoms with Gasteiger partial charge in [-0.3, -0.25) is 14.2 Å². The summed E-state index contributed by atoms with van der Waals surface area (Å²) in [4.78, 5) is 28.4. The van der Waals surface area contributed by atoms with Crippen molar-refractivity contribution in [3.63, 3.8) is 0 Å². The van der Waals surface area contributed by atoms with E-state index in [1.54, 1.807) is 9.47 Å². The first-order valence-corrected chi connectivity index (χ1v) is 13.0. The van der Waals surface area contributed by atoms with Gasteiger partial charge in [0, 0.05) is 24.5 Å². The molecular weight excluding hydrogens is 478 g/mol. The van der Waals surface area contributed by atoms with Gasteiger partial charge in [0.1, 0.15) is 17.8 Å². The first-order valence-electron chi connectivity index (χ1n) is 13.0. The lowest BCUT2D eigenvalue weighted by Crippen LogP contribution is -2.50. The van der Waals surface area contributed by atoms with E-state index in [1.165, 1.54) is 0 Å². The van der Waals surface area contributed by atoms with Crippen LogP contribution in [-0.4, -0.2) is 58.7 Å². The quantitative estimate of drug-likeness (QED) is 0.379. The van der Waals surface area contributed by atoms with Crippen LogP contribution in [0.4, 0.5) is 0 Å². The third-order valence-corrected chi connectivity index (χ3v) is 7.55. The van der Waals surface area contributed by atoms with Gasteiger partial charge in [-0.25, -0.2) is 0 Å². The molecular formula is C31H31N3O4. The fourth-order valence-corrected chi connectivity index (χ4v) is 5.44. The van der Waals surface area contributed by atoms with Gasteiger partial charge in [0.2, 0.25) is 0 Å². The minimum atomic E-state index is -0.920. The summed E-state index contributed by atoms with van der Waals surface area (Å²) >= 11 is 0. The maximum absolute atomic E-state index is 13.6. The number of hydrogen-bond donors (Lipinski definition) is 2. The van der Waals surface area contributed by atoms with E-state index < -0.39 is 5.60 Å². The second-order valence-corrected chi connectivity index (χ2v) is 10.5. The number of rotatable bonds is 8. The Balaban J connectivity index is 1.23. The molecule has 2 aliphatic rings.